The molecule has 0 saturated carbocycles. The van der Waals surface area contributed by atoms with E-state index in [9.17, 15) is 13.2 Å². The average Bonchev–Trinajstić information content (AvgIpc) is 2.76. The SMILES string of the molecule is Cc1ccc(OCCNC(=O)CN(c2cccc(Cl)c2)S(=O)(=O)c2ccc(C)cc2)cc1. The van der Waals surface area contributed by atoms with Gasteiger partial charge in [0.25, 0.3) is 10.0 Å². The zero-order valence-corrected chi connectivity index (χ0v) is 19.5. The molecule has 1 amide bonds. The maximum Gasteiger partial charge on any atom is 0.264 e. The standard InChI is InChI=1S/C24H25ClN2O4S/c1-18-6-10-22(11-7-18)31-15-14-26-24(28)17-27(21-5-3-4-20(25)16-21)32(29,30)23-12-8-19(2)9-13-23/h3-13,16H,14-15,17H2,1-2H3,(H,26,28). The van der Waals surface area contributed by atoms with Gasteiger partial charge in [0.1, 0.15) is 18.9 Å². The topological polar surface area (TPSA) is 75.7 Å². The number of hydrogen-bond acceptors (Lipinski definition) is 4. The smallest absolute Gasteiger partial charge is 0.264 e. The summed E-state index contributed by atoms with van der Waals surface area (Å²) < 4.78 is 33.3. The summed E-state index contributed by atoms with van der Waals surface area (Å²) in [7, 11) is -3.98. The Balaban J connectivity index is 1.70. The van der Waals surface area contributed by atoms with Crippen molar-refractivity contribution >= 4 is 33.2 Å². The van der Waals surface area contributed by atoms with Crippen molar-refractivity contribution in [3.63, 3.8) is 0 Å². The van der Waals surface area contributed by atoms with E-state index in [-0.39, 0.29) is 24.6 Å². The number of rotatable bonds is 9. The molecule has 0 heterocycles. The number of nitrogens with zero attached hydrogens (tertiary/aromatic N) is 1. The van der Waals surface area contributed by atoms with E-state index in [1.54, 1.807) is 30.3 Å². The molecule has 0 fully saturated rings. The second-order valence-corrected chi connectivity index (χ2v) is 9.61. The zero-order chi connectivity index (χ0) is 23.1. The van der Waals surface area contributed by atoms with Gasteiger partial charge in [-0.05, 0) is 56.3 Å². The summed E-state index contributed by atoms with van der Waals surface area (Å²) in [5.74, 6) is 0.250. The van der Waals surface area contributed by atoms with E-state index in [2.05, 4.69) is 5.32 Å². The van der Waals surface area contributed by atoms with Crippen molar-refractivity contribution in [2.24, 2.45) is 0 Å². The van der Waals surface area contributed by atoms with E-state index in [1.165, 1.54) is 18.2 Å². The molecule has 3 aromatic carbocycles. The molecular formula is C24H25ClN2O4S. The van der Waals surface area contributed by atoms with Crippen molar-refractivity contribution in [2.45, 2.75) is 18.7 Å². The molecule has 0 aromatic heterocycles. The first-order valence-corrected chi connectivity index (χ1v) is 11.9. The van der Waals surface area contributed by atoms with E-state index in [4.69, 9.17) is 16.3 Å². The first kappa shape index (κ1) is 23.6. The van der Waals surface area contributed by atoms with Crippen LogP contribution in [-0.2, 0) is 14.8 Å². The van der Waals surface area contributed by atoms with Gasteiger partial charge in [0.2, 0.25) is 5.91 Å². The van der Waals surface area contributed by atoms with Crippen LogP contribution in [0, 0.1) is 13.8 Å². The molecule has 0 atom stereocenters. The third-order valence-electron chi connectivity index (χ3n) is 4.71. The number of halogens is 1. The summed E-state index contributed by atoms with van der Waals surface area (Å²) in [6.45, 7) is 3.97. The summed E-state index contributed by atoms with van der Waals surface area (Å²) >= 11 is 6.07. The van der Waals surface area contributed by atoms with Crippen LogP contribution in [0.25, 0.3) is 0 Å². The summed E-state index contributed by atoms with van der Waals surface area (Å²) in [5.41, 5.74) is 2.37. The fourth-order valence-corrected chi connectivity index (χ4v) is 4.56. The molecule has 0 radical (unpaired) electrons. The van der Waals surface area contributed by atoms with Crippen LogP contribution in [-0.4, -0.2) is 34.0 Å². The molecule has 0 unspecified atom stereocenters. The Morgan fingerprint density at radius 2 is 1.59 bits per heavy atom. The minimum atomic E-state index is -3.98. The fourth-order valence-electron chi connectivity index (χ4n) is 2.96. The minimum absolute atomic E-state index is 0.0959. The number of ether oxygens (including phenoxy) is 1. The lowest BCUT2D eigenvalue weighted by molar-refractivity contribution is -0.119. The largest absolute Gasteiger partial charge is 0.492 e. The molecule has 0 bridgehead atoms. The van der Waals surface area contributed by atoms with Crippen LogP contribution in [0.2, 0.25) is 5.02 Å². The van der Waals surface area contributed by atoms with Gasteiger partial charge >= 0.3 is 0 Å². The molecule has 32 heavy (non-hydrogen) atoms. The lowest BCUT2D eigenvalue weighted by Gasteiger charge is -2.24. The van der Waals surface area contributed by atoms with Gasteiger partial charge in [-0.1, -0.05) is 53.1 Å². The van der Waals surface area contributed by atoms with Crippen LogP contribution < -0.4 is 14.4 Å². The molecule has 3 aromatic rings. The zero-order valence-electron chi connectivity index (χ0n) is 17.9. The van der Waals surface area contributed by atoms with Gasteiger partial charge in [0.15, 0.2) is 0 Å². The number of nitrogens with one attached hydrogen (secondary N) is 1. The van der Waals surface area contributed by atoms with Crippen LogP contribution in [0.15, 0.2) is 77.7 Å². The second-order valence-electron chi connectivity index (χ2n) is 7.32. The molecule has 0 aliphatic carbocycles. The number of hydrogen-bond donors (Lipinski definition) is 1. The monoisotopic (exact) mass is 472 g/mol. The second kappa shape index (κ2) is 10.5. The summed E-state index contributed by atoms with van der Waals surface area (Å²) in [4.78, 5) is 12.7. The highest BCUT2D eigenvalue weighted by Gasteiger charge is 2.27. The molecule has 1 N–H and O–H groups in total. The maximum absolute atomic E-state index is 13.3. The van der Waals surface area contributed by atoms with Crippen molar-refractivity contribution in [3.05, 3.63) is 88.9 Å². The van der Waals surface area contributed by atoms with E-state index in [0.29, 0.717) is 16.5 Å². The van der Waals surface area contributed by atoms with Crippen LogP contribution in [0.1, 0.15) is 11.1 Å². The summed E-state index contributed by atoms with van der Waals surface area (Å²) in [6.07, 6.45) is 0. The minimum Gasteiger partial charge on any atom is -0.492 e. The van der Waals surface area contributed by atoms with Crippen molar-refractivity contribution in [3.8, 4) is 5.75 Å². The predicted octanol–water partition coefficient (Wildman–Crippen LogP) is 4.35. The molecule has 8 heteroatoms. The van der Waals surface area contributed by atoms with Crippen molar-refractivity contribution in [1.29, 1.82) is 0 Å². The normalized spacial score (nSPS) is 11.1. The van der Waals surface area contributed by atoms with Gasteiger partial charge in [-0.2, -0.15) is 0 Å². The van der Waals surface area contributed by atoms with E-state index >= 15 is 0 Å². The molecule has 168 valence electrons. The van der Waals surface area contributed by atoms with Crippen LogP contribution >= 0.6 is 11.6 Å². The highest BCUT2D eigenvalue weighted by Crippen LogP contribution is 2.26. The fraction of sp³-hybridized carbons (Fsp3) is 0.208. The highest BCUT2D eigenvalue weighted by molar-refractivity contribution is 7.92. The lowest BCUT2D eigenvalue weighted by Crippen LogP contribution is -2.41. The van der Waals surface area contributed by atoms with Crippen molar-refractivity contribution in [2.75, 3.05) is 24.0 Å². The van der Waals surface area contributed by atoms with E-state index < -0.39 is 15.9 Å². The summed E-state index contributed by atoms with van der Waals surface area (Å²) in [5, 5.41) is 3.08. The first-order chi connectivity index (χ1) is 15.3. The Kier molecular flexibility index (Phi) is 7.77. The van der Waals surface area contributed by atoms with E-state index in [0.717, 1.165) is 15.4 Å². The molecule has 0 aliphatic heterocycles. The van der Waals surface area contributed by atoms with Crippen molar-refractivity contribution in [1.82, 2.24) is 5.32 Å². The molecule has 3 rings (SSSR count). The van der Waals surface area contributed by atoms with Crippen LogP contribution in [0.3, 0.4) is 0 Å². The number of aryl methyl sites for hydroxylation is 2. The lowest BCUT2D eigenvalue weighted by atomic mass is 10.2. The van der Waals surface area contributed by atoms with Gasteiger partial charge in [-0.15, -0.1) is 0 Å². The maximum atomic E-state index is 13.3. The van der Waals surface area contributed by atoms with Gasteiger partial charge in [-0.25, -0.2) is 8.42 Å². The average molecular weight is 473 g/mol. The predicted molar refractivity (Wildman–Crippen MR) is 127 cm³/mol. The van der Waals surface area contributed by atoms with Gasteiger partial charge in [0, 0.05) is 5.02 Å². The van der Waals surface area contributed by atoms with E-state index in [1.807, 2.05) is 38.1 Å². The summed E-state index contributed by atoms with van der Waals surface area (Å²) in [6, 6.07) is 20.5. The molecule has 0 spiro atoms. The van der Waals surface area contributed by atoms with Crippen LogP contribution in [0.5, 0.6) is 5.75 Å². The van der Waals surface area contributed by atoms with Crippen LogP contribution in [0.4, 0.5) is 5.69 Å². The Morgan fingerprint density at radius 1 is 0.969 bits per heavy atom. The third kappa shape index (κ3) is 6.24. The number of amides is 1. The van der Waals surface area contributed by atoms with Gasteiger partial charge in [0.05, 0.1) is 17.1 Å². The third-order valence-corrected chi connectivity index (χ3v) is 6.73. The number of benzene rings is 3. The molecule has 6 nitrogen and oxygen atoms in total. The quantitative estimate of drug-likeness (QED) is 0.470. The first-order valence-electron chi connectivity index (χ1n) is 10.1. The Morgan fingerprint density at radius 3 is 2.22 bits per heavy atom. The van der Waals surface area contributed by atoms with Gasteiger partial charge in [-0.3, -0.25) is 9.10 Å². The Hall–Kier alpha value is -3.03. The Bertz CT molecular complexity index is 1160. The van der Waals surface area contributed by atoms with Gasteiger partial charge < -0.3 is 10.1 Å². The highest BCUT2D eigenvalue weighted by atomic mass is 35.5. The number of sulfonamides is 1. The number of anilines is 1. The number of carbonyl (C=O) groups is 1. The van der Waals surface area contributed by atoms with Crippen molar-refractivity contribution < 1.29 is 17.9 Å². The molecule has 0 aliphatic rings. The Labute approximate surface area is 193 Å². The molecular weight excluding hydrogens is 448 g/mol. The molecule has 0 saturated heterocycles. The number of carbonyl (C=O) groups excluding carboxylic acids is 1.